The number of halogens is 3. The maximum atomic E-state index is 12.7. The van der Waals surface area contributed by atoms with Crippen molar-refractivity contribution in [1.29, 1.82) is 5.26 Å². The van der Waals surface area contributed by atoms with E-state index in [2.05, 4.69) is 15.9 Å². The molecule has 0 radical (unpaired) electrons. The van der Waals surface area contributed by atoms with Crippen LogP contribution in [0.3, 0.4) is 0 Å². The molecule has 0 amide bonds. The van der Waals surface area contributed by atoms with Gasteiger partial charge in [0.1, 0.15) is 29.2 Å². The van der Waals surface area contributed by atoms with Gasteiger partial charge in [0.05, 0.1) is 31.2 Å². The predicted molar refractivity (Wildman–Crippen MR) is 87.1 cm³/mol. The molecule has 23 heavy (non-hydrogen) atoms. The summed E-state index contributed by atoms with van der Waals surface area (Å²) in [7, 11) is 2.81. The van der Waals surface area contributed by atoms with E-state index in [1.165, 1.54) is 26.4 Å². The lowest BCUT2D eigenvalue weighted by Crippen LogP contribution is -1.96. The molecule has 8 heteroatoms. The molecule has 0 bridgehead atoms. The van der Waals surface area contributed by atoms with Gasteiger partial charge in [-0.05, 0) is 28.1 Å². The van der Waals surface area contributed by atoms with Gasteiger partial charge in [-0.1, -0.05) is 0 Å². The van der Waals surface area contributed by atoms with Crippen molar-refractivity contribution < 1.29 is 18.3 Å². The minimum atomic E-state index is -0.530. The summed E-state index contributed by atoms with van der Waals surface area (Å²) in [6.07, 6.45) is 0. The van der Waals surface area contributed by atoms with E-state index in [4.69, 9.17) is 26.2 Å². The molecule has 5 nitrogen and oxygen atoms in total. The predicted octanol–water partition coefficient (Wildman–Crippen LogP) is 3.47. The van der Waals surface area contributed by atoms with E-state index >= 15 is 0 Å². The van der Waals surface area contributed by atoms with Crippen LogP contribution in [0.2, 0.25) is 0 Å². The Bertz CT molecular complexity index is 748. The molecule has 4 N–H and O–H groups in total. The first-order valence-electron chi connectivity index (χ1n) is 6.15. The third-order valence-corrected chi connectivity index (χ3v) is 3.38. The molecular weight excluding hydrogens is 372 g/mol. The number of rotatable bonds is 2. The highest BCUT2D eigenvalue weighted by Crippen LogP contribution is 2.30. The zero-order valence-corrected chi connectivity index (χ0v) is 13.9. The molecule has 122 valence electrons. The number of ether oxygens (including phenoxy) is 2. The Morgan fingerprint density at radius 3 is 1.91 bits per heavy atom. The number of anilines is 2. The molecule has 2 rings (SSSR count). The summed E-state index contributed by atoms with van der Waals surface area (Å²) in [5.41, 5.74) is 11.7. The van der Waals surface area contributed by atoms with E-state index in [9.17, 15) is 8.78 Å². The van der Waals surface area contributed by atoms with Crippen LogP contribution < -0.4 is 20.9 Å². The van der Waals surface area contributed by atoms with Crippen molar-refractivity contribution in [2.45, 2.75) is 0 Å². The van der Waals surface area contributed by atoms with Crippen molar-refractivity contribution in [3.05, 3.63) is 45.9 Å². The summed E-state index contributed by atoms with van der Waals surface area (Å²) < 4.78 is 35.4. The van der Waals surface area contributed by atoms with Gasteiger partial charge in [-0.2, -0.15) is 5.26 Å². The summed E-state index contributed by atoms with van der Waals surface area (Å²) in [6, 6.07) is 6.49. The maximum Gasteiger partial charge on any atom is 0.146 e. The molecular formula is C15H14BrF2N3O2. The second kappa shape index (κ2) is 8.19. The lowest BCUT2D eigenvalue weighted by Gasteiger charge is -2.05. The van der Waals surface area contributed by atoms with Gasteiger partial charge >= 0.3 is 0 Å². The Morgan fingerprint density at radius 2 is 1.43 bits per heavy atom. The number of methoxy groups -OCH3 is 2. The van der Waals surface area contributed by atoms with Crippen molar-refractivity contribution in [3.8, 4) is 17.6 Å². The topological polar surface area (TPSA) is 94.3 Å². The first-order valence-corrected chi connectivity index (χ1v) is 6.95. The molecule has 0 saturated carbocycles. The van der Waals surface area contributed by atoms with Gasteiger partial charge in [0.15, 0.2) is 0 Å². The fourth-order valence-electron chi connectivity index (χ4n) is 1.58. The quantitative estimate of drug-likeness (QED) is 0.771. The average molecular weight is 386 g/mol. The van der Waals surface area contributed by atoms with E-state index in [-0.39, 0.29) is 22.8 Å². The highest BCUT2D eigenvalue weighted by Gasteiger charge is 2.07. The monoisotopic (exact) mass is 385 g/mol. The van der Waals surface area contributed by atoms with Gasteiger partial charge in [0.2, 0.25) is 0 Å². The van der Waals surface area contributed by atoms with Crippen LogP contribution in [0.5, 0.6) is 11.5 Å². The summed E-state index contributed by atoms with van der Waals surface area (Å²) in [4.78, 5) is 0. The molecule has 0 aromatic heterocycles. The van der Waals surface area contributed by atoms with Gasteiger partial charge < -0.3 is 20.9 Å². The number of hydrogen-bond acceptors (Lipinski definition) is 5. The molecule has 0 heterocycles. The number of nitriles is 1. The number of nitrogens with zero attached hydrogens (tertiary/aromatic N) is 1. The van der Waals surface area contributed by atoms with E-state index in [1.54, 1.807) is 6.07 Å². The Labute approximate surface area is 140 Å². The first-order chi connectivity index (χ1) is 10.8. The molecule has 0 aliphatic carbocycles. The van der Waals surface area contributed by atoms with E-state index < -0.39 is 5.82 Å². The Balaban J connectivity index is 0.000000231. The molecule has 2 aromatic carbocycles. The number of nitrogen functional groups attached to an aromatic ring is 2. The van der Waals surface area contributed by atoms with Crippen LogP contribution in [-0.4, -0.2) is 14.2 Å². The highest BCUT2D eigenvalue weighted by molar-refractivity contribution is 9.10. The van der Waals surface area contributed by atoms with E-state index in [0.29, 0.717) is 15.9 Å². The van der Waals surface area contributed by atoms with E-state index in [0.717, 1.165) is 12.1 Å². The van der Waals surface area contributed by atoms with Crippen molar-refractivity contribution in [1.82, 2.24) is 0 Å². The zero-order chi connectivity index (χ0) is 17.6. The van der Waals surface area contributed by atoms with Gasteiger partial charge in [0.25, 0.3) is 0 Å². The number of nitrogens with two attached hydrogens (primary N) is 2. The molecule has 0 unspecified atom stereocenters. The molecule has 0 saturated heterocycles. The molecule has 2 aromatic rings. The van der Waals surface area contributed by atoms with Gasteiger partial charge in [-0.3, -0.25) is 0 Å². The van der Waals surface area contributed by atoms with Crippen LogP contribution in [0.1, 0.15) is 5.56 Å². The standard InChI is InChI=1S/C8H7FN2O.C7H7BrFNO/c1-12-7-3-6(9)2-5(4-10)8(7)11;1-11-6-3-4(9)2-5(8)7(6)10/h2-3H,11H2,1H3;2-3H,10H2,1H3. The maximum absolute atomic E-state index is 12.7. The van der Waals surface area contributed by atoms with Crippen molar-refractivity contribution >= 4 is 27.3 Å². The van der Waals surface area contributed by atoms with Gasteiger partial charge in [-0.15, -0.1) is 0 Å². The van der Waals surface area contributed by atoms with Crippen LogP contribution in [0.4, 0.5) is 20.2 Å². The third kappa shape index (κ3) is 4.72. The second-order valence-corrected chi connectivity index (χ2v) is 5.04. The Kier molecular flexibility index (Phi) is 6.60. The number of benzene rings is 2. The molecule has 0 aliphatic heterocycles. The van der Waals surface area contributed by atoms with Gasteiger partial charge in [-0.25, -0.2) is 8.78 Å². The zero-order valence-electron chi connectivity index (χ0n) is 12.4. The van der Waals surface area contributed by atoms with Crippen molar-refractivity contribution in [3.63, 3.8) is 0 Å². The van der Waals surface area contributed by atoms with Crippen molar-refractivity contribution in [2.24, 2.45) is 0 Å². The van der Waals surface area contributed by atoms with Crippen LogP contribution in [0.15, 0.2) is 28.7 Å². The lowest BCUT2D eigenvalue weighted by molar-refractivity contribution is 0.413. The first kappa shape index (κ1) is 18.5. The Morgan fingerprint density at radius 1 is 0.957 bits per heavy atom. The fourth-order valence-corrected chi connectivity index (χ4v) is 2.00. The minimum absolute atomic E-state index is 0.0897. The molecule has 0 atom stereocenters. The van der Waals surface area contributed by atoms with E-state index in [1.807, 2.05) is 0 Å². The normalized spacial score (nSPS) is 9.39. The van der Waals surface area contributed by atoms with Crippen LogP contribution in [-0.2, 0) is 0 Å². The third-order valence-electron chi connectivity index (χ3n) is 2.72. The molecule has 0 aliphatic rings. The highest BCUT2D eigenvalue weighted by atomic mass is 79.9. The van der Waals surface area contributed by atoms with Crippen LogP contribution in [0.25, 0.3) is 0 Å². The molecule has 0 spiro atoms. The summed E-state index contributed by atoms with van der Waals surface area (Å²) in [6.45, 7) is 0. The van der Waals surface area contributed by atoms with Crippen molar-refractivity contribution in [2.75, 3.05) is 25.7 Å². The van der Waals surface area contributed by atoms with Gasteiger partial charge in [0, 0.05) is 16.6 Å². The lowest BCUT2D eigenvalue weighted by atomic mass is 10.2. The fraction of sp³-hybridized carbons (Fsp3) is 0.133. The summed E-state index contributed by atoms with van der Waals surface area (Å²) >= 11 is 3.09. The molecule has 0 fully saturated rings. The largest absolute Gasteiger partial charge is 0.494 e. The average Bonchev–Trinajstić information content (AvgIpc) is 2.53. The van der Waals surface area contributed by atoms with Crippen LogP contribution in [0, 0.1) is 23.0 Å². The smallest absolute Gasteiger partial charge is 0.146 e. The SMILES string of the molecule is COc1cc(F)cc(Br)c1N.COc1cc(F)cc(C#N)c1N. The second-order valence-electron chi connectivity index (χ2n) is 4.18. The summed E-state index contributed by atoms with van der Waals surface area (Å²) in [5.74, 6) is -0.371. The van der Waals surface area contributed by atoms with Crippen LogP contribution >= 0.6 is 15.9 Å². The minimum Gasteiger partial charge on any atom is -0.494 e. The number of hydrogen-bond donors (Lipinski definition) is 2. The Hall–Kier alpha value is -2.53. The summed E-state index contributed by atoms with van der Waals surface area (Å²) in [5, 5.41) is 8.51.